The number of benzene rings is 6. The van der Waals surface area contributed by atoms with E-state index in [1.807, 2.05) is 17.6 Å². The molecule has 6 N–H and O–H groups in total. The van der Waals surface area contributed by atoms with Gasteiger partial charge in [-0.3, -0.25) is 59.3 Å². The first-order chi connectivity index (χ1) is 54.5. The number of nitriles is 2. The largest absolute Gasteiger partial charge is 0.478 e. The zero-order valence-electron chi connectivity index (χ0n) is 59.0. The van der Waals surface area contributed by atoms with Crippen LogP contribution in [-0.2, 0) is 39.1 Å². The van der Waals surface area contributed by atoms with Crippen LogP contribution in [0.15, 0.2) is 232 Å². The lowest BCUT2D eigenvalue weighted by molar-refractivity contribution is -0.131. The van der Waals surface area contributed by atoms with Crippen molar-refractivity contribution in [2.75, 3.05) is 18.8 Å². The van der Waals surface area contributed by atoms with Crippen LogP contribution in [0.2, 0.25) is 15.1 Å². The summed E-state index contributed by atoms with van der Waals surface area (Å²) in [6, 6.07) is 52.7. The van der Waals surface area contributed by atoms with Gasteiger partial charge in [0.1, 0.15) is 17.1 Å². The quantitative estimate of drug-likeness (QED) is 0.0175. The third-order valence-corrected chi connectivity index (χ3v) is 19.6. The van der Waals surface area contributed by atoms with E-state index < -0.39 is 47.3 Å². The number of hydrogen-bond acceptors (Lipinski definition) is 25. The normalized spacial score (nSPS) is 11.2. The van der Waals surface area contributed by atoms with Crippen LogP contribution >= 0.6 is 34.8 Å². The molecule has 13 aromatic rings. The number of aliphatic carboxylic acids is 1. The van der Waals surface area contributed by atoms with E-state index in [4.69, 9.17) is 67.3 Å². The highest BCUT2D eigenvalue weighted by Gasteiger charge is 2.23. The van der Waals surface area contributed by atoms with Crippen molar-refractivity contribution in [2.24, 2.45) is 5.84 Å². The van der Waals surface area contributed by atoms with Crippen LogP contribution in [-0.4, -0.2) is 142 Å². The smallest absolute Gasteiger partial charge is 0.328 e. The number of carbonyl (C=O) groups excluding carboxylic acids is 3. The number of hydrogen-bond donors (Lipinski definition) is 5. The van der Waals surface area contributed by atoms with Crippen molar-refractivity contribution in [3.63, 3.8) is 0 Å². The van der Waals surface area contributed by atoms with Crippen molar-refractivity contribution in [3.8, 4) is 75.2 Å². The number of carboxylic acid groups (broad SMARTS) is 1. The molecule has 114 heavy (non-hydrogen) atoms. The number of hydrazine groups is 2. The summed E-state index contributed by atoms with van der Waals surface area (Å²) >= 11 is 19.2. The van der Waals surface area contributed by atoms with E-state index in [1.54, 1.807) is 147 Å². The van der Waals surface area contributed by atoms with E-state index in [1.165, 1.54) is 85.3 Å². The van der Waals surface area contributed by atoms with Crippen molar-refractivity contribution in [3.05, 3.63) is 285 Å². The molecule has 0 saturated heterocycles. The molecule has 39 heteroatoms. The molecule has 0 unspecified atom stereocenters. The van der Waals surface area contributed by atoms with Gasteiger partial charge < -0.3 is 9.52 Å². The van der Waals surface area contributed by atoms with Crippen molar-refractivity contribution in [1.82, 2.24) is 85.7 Å². The van der Waals surface area contributed by atoms with E-state index in [2.05, 4.69) is 77.5 Å². The van der Waals surface area contributed by atoms with Crippen molar-refractivity contribution in [1.29, 1.82) is 10.5 Å². The van der Waals surface area contributed by atoms with Crippen molar-refractivity contribution in [2.45, 2.75) is 14.7 Å². The Bertz CT molecular complexity index is 6360. The number of carbonyl (C=O) groups is 4. The number of para-hydroxylation sites is 3. The molecule has 0 aliphatic carbocycles. The highest BCUT2D eigenvalue weighted by Crippen LogP contribution is 2.32. The average Bonchev–Trinajstić information content (AvgIpc) is 1.63. The summed E-state index contributed by atoms with van der Waals surface area (Å²) in [5.74, 6) is 4.47. The molecule has 6 aromatic carbocycles. The summed E-state index contributed by atoms with van der Waals surface area (Å²) < 4.78 is 81.0. The number of amides is 3. The Morgan fingerprint density at radius 1 is 0.482 bits per heavy atom. The van der Waals surface area contributed by atoms with Gasteiger partial charge in [-0.2, -0.15) is 10.5 Å². The molecule has 0 radical (unpaired) electrons. The van der Waals surface area contributed by atoms with E-state index >= 15 is 0 Å². The lowest BCUT2D eigenvalue weighted by Gasteiger charge is -2.10. The van der Waals surface area contributed by atoms with Crippen LogP contribution in [0, 0.1) is 29.2 Å². The first-order valence-corrected chi connectivity index (χ1v) is 39.2. The molecule has 570 valence electrons. The molecular weight excluding hydrogens is 1590 g/mol. The van der Waals surface area contributed by atoms with Gasteiger partial charge in [-0.1, -0.05) is 95.5 Å². The lowest BCUT2D eigenvalue weighted by Crippen LogP contribution is -2.40. The fraction of sp³-hybridized carbons (Fsp3) is 0.0400. The molecule has 7 aromatic heterocycles. The van der Waals surface area contributed by atoms with Crippen LogP contribution in [0.3, 0.4) is 0 Å². The fourth-order valence-electron chi connectivity index (χ4n) is 9.76. The molecular formula is C75H54Cl3N21O12S3. The van der Waals surface area contributed by atoms with Crippen molar-refractivity contribution >= 4 is 118 Å². The maximum Gasteiger partial charge on any atom is 0.328 e. The third-order valence-electron chi connectivity index (χ3n) is 15.3. The Hall–Kier alpha value is -14.4. The molecule has 3 amide bonds. The number of carboxylic acids is 1. The summed E-state index contributed by atoms with van der Waals surface area (Å²) in [5, 5.41) is 60.9. The van der Waals surface area contributed by atoms with Crippen LogP contribution < -0.4 is 22.1 Å². The number of halogens is 3. The summed E-state index contributed by atoms with van der Waals surface area (Å²) in [6.07, 6.45) is 14.9. The molecule has 0 spiro atoms. The SMILES string of the molecule is CS(=O)(=O)c1ccc(-c2nnc(/C=C/C(=O)NNC(=O)c3ccc(C#N)cc3)n2-c2ccccc2Cl)nc1.CS(=O)(=O)c1ccc(-c2nnc(/C=C/C(=O)O)n2-c2ccccc2Cl)nc1.CS(=O)(=O)c1ccc(-c2nnc(/C=C/c3nnc(-c4ccc(C#N)cc4)o3)n2-c2ccccc2Cl)nc1.[C-]#[N+]c1ccc(C(=O)NN)cc1. The van der Waals surface area contributed by atoms with Crippen LogP contribution in [0.1, 0.15) is 55.2 Å². The predicted molar refractivity (Wildman–Crippen MR) is 418 cm³/mol. The van der Waals surface area contributed by atoms with Crippen LogP contribution in [0.25, 0.3) is 92.2 Å². The van der Waals surface area contributed by atoms with Gasteiger partial charge in [-0.25, -0.2) is 40.7 Å². The van der Waals surface area contributed by atoms with Gasteiger partial charge in [0.25, 0.3) is 17.7 Å². The van der Waals surface area contributed by atoms with Crippen molar-refractivity contribution < 1.29 is 54.0 Å². The number of aromatic nitrogens is 14. The maximum absolute atomic E-state index is 12.4. The molecule has 13 rings (SSSR count). The highest BCUT2D eigenvalue weighted by atomic mass is 35.5. The van der Waals surface area contributed by atoms with Gasteiger partial charge in [-0.05, 0) is 140 Å². The Kier molecular flexibility index (Phi) is 26.5. The standard InChI is InChI=1S/C25H18ClN7O4S.C25H16ClN7O3S.C17H13ClN4O4S.C8H7N3O/c1-38(36,37)18-10-11-20(28-15-18)24-31-29-22(33(24)21-5-3-2-4-19(21)26)12-13-23(34)30-32-25(35)17-8-6-16(14-27)7-9-17;1-37(34,35)18-10-11-20(28-15-18)24-31-29-22(33(24)21-5-3-2-4-19(21)26)12-13-23-30-32-25(36-23)17-8-6-16(14-27)7-9-17;1-27(25,26)11-6-7-13(19-10-11)17-21-20-15(8-9-16(23)24)22(17)14-5-3-2-4-12(14)18;1-10-7-4-2-6(3-5-7)8(12)11-9/h2-13,15H,1H3,(H,30,34)(H,32,35);2-13,15H,1H3;2-10H,1H3,(H,23,24);2-5H,9H2,(H,11,12)/b2*13-12+;9-8+;. The molecule has 0 fully saturated rings. The molecule has 0 atom stereocenters. The molecule has 0 aliphatic rings. The Morgan fingerprint density at radius 2 is 0.868 bits per heavy atom. The lowest BCUT2D eigenvalue weighted by atomic mass is 10.1. The van der Waals surface area contributed by atoms with Gasteiger partial charge in [0.2, 0.25) is 11.8 Å². The van der Waals surface area contributed by atoms with Gasteiger partial charge in [0, 0.05) is 72.3 Å². The minimum Gasteiger partial charge on any atom is -0.478 e. The zero-order chi connectivity index (χ0) is 81.9. The molecule has 0 bridgehead atoms. The molecule has 7 heterocycles. The topological polar surface area (TPSA) is 475 Å². The van der Waals surface area contributed by atoms with Gasteiger partial charge in [0.15, 0.2) is 70.1 Å². The number of nitrogen functional groups attached to an aromatic ring is 1. The van der Waals surface area contributed by atoms with E-state index in [0.29, 0.717) is 94.7 Å². The van der Waals surface area contributed by atoms with E-state index in [-0.39, 0.29) is 55.3 Å². The molecule has 0 aliphatic heterocycles. The number of rotatable bonds is 18. The zero-order valence-corrected chi connectivity index (χ0v) is 63.7. The first kappa shape index (κ1) is 82.1. The third kappa shape index (κ3) is 20.9. The number of nitrogens with zero attached hydrogens (tertiary/aromatic N) is 17. The Balaban J connectivity index is 0.000000170. The minimum atomic E-state index is -3.44. The van der Waals surface area contributed by atoms with Crippen LogP contribution in [0.4, 0.5) is 5.69 Å². The average molecular weight is 1640 g/mol. The second-order valence-corrected chi connectivity index (χ2v) is 30.5. The summed E-state index contributed by atoms with van der Waals surface area (Å²) in [5.41, 5.74) is 12.1. The molecule has 33 nitrogen and oxygen atoms in total. The monoisotopic (exact) mass is 1640 g/mol. The number of nitrogens with two attached hydrogens (primary N) is 1. The van der Waals surface area contributed by atoms with Crippen LogP contribution in [0.5, 0.6) is 0 Å². The number of sulfone groups is 3. The van der Waals surface area contributed by atoms with E-state index in [9.17, 15) is 44.4 Å². The second-order valence-electron chi connectivity index (χ2n) is 23.2. The summed E-state index contributed by atoms with van der Waals surface area (Å²) in [6.45, 7) is 6.67. The molecule has 0 saturated carbocycles. The van der Waals surface area contributed by atoms with Gasteiger partial charge in [-0.15, -0.1) is 40.8 Å². The Morgan fingerprint density at radius 3 is 1.24 bits per heavy atom. The second kappa shape index (κ2) is 36.9. The number of pyridine rings is 3. The summed E-state index contributed by atoms with van der Waals surface area (Å²) in [7, 11) is -10.2. The number of nitrogens with one attached hydrogen (secondary N) is 3. The van der Waals surface area contributed by atoms with Gasteiger partial charge >= 0.3 is 5.97 Å². The Labute approximate surface area is 663 Å². The fourth-order valence-corrected chi connectivity index (χ4v) is 12.1. The predicted octanol–water partition coefficient (Wildman–Crippen LogP) is 10.5. The maximum atomic E-state index is 12.4. The minimum absolute atomic E-state index is 0.0462. The van der Waals surface area contributed by atoms with Gasteiger partial charge in [0.05, 0.1) is 76.7 Å². The highest BCUT2D eigenvalue weighted by molar-refractivity contribution is 7.91. The van der Waals surface area contributed by atoms with E-state index in [0.717, 1.165) is 30.9 Å². The first-order valence-electron chi connectivity index (χ1n) is 32.4. The summed E-state index contributed by atoms with van der Waals surface area (Å²) in [4.78, 5) is 62.4.